The fraction of sp³-hybridized carbons (Fsp3) is 0.471. The molecule has 0 bridgehead atoms. The van der Waals surface area contributed by atoms with E-state index in [9.17, 15) is 9.59 Å². The van der Waals surface area contributed by atoms with E-state index in [-0.39, 0.29) is 17.6 Å². The molecular formula is C17H23N5O3S. The van der Waals surface area contributed by atoms with Gasteiger partial charge in [0.2, 0.25) is 11.1 Å². The van der Waals surface area contributed by atoms with Crippen LogP contribution in [0.5, 0.6) is 0 Å². The van der Waals surface area contributed by atoms with Crippen molar-refractivity contribution in [2.45, 2.75) is 38.8 Å². The lowest BCUT2D eigenvalue weighted by atomic mass is 10.1. The highest BCUT2D eigenvalue weighted by Gasteiger charge is 2.13. The van der Waals surface area contributed by atoms with Crippen LogP contribution in [0.2, 0.25) is 0 Å². The minimum absolute atomic E-state index is 0.130. The van der Waals surface area contributed by atoms with Gasteiger partial charge in [-0.25, -0.2) is 0 Å². The lowest BCUT2D eigenvalue weighted by Crippen LogP contribution is -2.26. The number of aryl methyl sites for hydroxylation is 2. The number of aromatic nitrogens is 4. The maximum Gasteiger partial charge on any atom is 0.305 e. The molecule has 0 atom stereocenters. The average molecular weight is 377 g/mol. The quantitative estimate of drug-likeness (QED) is 0.404. The predicted octanol–water partition coefficient (Wildman–Crippen LogP) is 1.83. The number of benzene rings is 1. The number of carbonyl (C=O) groups is 2. The summed E-state index contributed by atoms with van der Waals surface area (Å²) < 4.78 is 6.48. The van der Waals surface area contributed by atoms with Gasteiger partial charge in [0.15, 0.2) is 0 Å². The Labute approximate surface area is 156 Å². The number of esters is 1. The van der Waals surface area contributed by atoms with Crippen LogP contribution in [-0.4, -0.2) is 51.0 Å². The molecule has 140 valence electrons. The monoisotopic (exact) mass is 377 g/mol. The van der Waals surface area contributed by atoms with E-state index >= 15 is 0 Å². The first-order valence-electron chi connectivity index (χ1n) is 8.42. The second-order valence-corrected chi connectivity index (χ2v) is 6.65. The lowest BCUT2D eigenvalue weighted by Gasteiger charge is -2.08. The Kier molecular flexibility index (Phi) is 7.58. The molecule has 1 aromatic heterocycles. The van der Waals surface area contributed by atoms with Crippen LogP contribution >= 0.6 is 11.8 Å². The smallest absolute Gasteiger partial charge is 0.305 e. The third-order valence-electron chi connectivity index (χ3n) is 3.55. The fourth-order valence-electron chi connectivity index (χ4n) is 2.24. The summed E-state index contributed by atoms with van der Waals surface area (Å²) in [4.78, 5) is 23.2. The Hall–Kier alpha value is -2.42. The highest BCUT2D eigenvalue weighted by atomic mass is 32.2. The number of amides is 1. The van der Waals surface area contributed by atoms with Gasteiger partial charge in [0.05, 0.1) is 18.0 Å². The third-order valence-corrected chi connectivity index (χ3v) is 4.47. The maximum absolute atomic E-state index is 12.0. The van der Waals surface area contributed by atoms with Crippen molar-refractivity contribution in [2.75, 3.05) is 18.9 Å². The van der Waals surface area contributed by atoms with Gasteiger partial charge in [-0.3, -0.25) is 9.59 Å². The predicted molar refractivity (Wildman–Crippen MR) is 98.2 cm³/mol. The van der Waals surface area contributed by atoms with E-state index < -0.39 is 0 Å². The number of nitrogens with zero attached hydrogens (tertiary/aromatic N) is 4. The number of hydrogen-bond donors (Lipinski definition) is 1. The molecule has 0 fully saturated rings. The Morgan fingerprint density at radius 3 is 2.88 bits per heavy atom. The van der Waals surface area contributed by atoms with Gasteiger partial charge >= 0.3 is 5.97 Å². The number of hydrogen-bond acceptors (Lipinski definition) is 7. The molecular weight excluding hydrogens is 354 g/mol. The number of ether oxygens (including phenoxy) is 1. The number of carbonyl (C=O) groups excluding carboxylic acids is 2. The molecule has 0 unspecified atom stereocenters. The van der Waals surface area contributed by atoms with Crippen molar-refractivity contribution >= 4 is 23.6 Å². The summed E-state index contributed by atoms with van der Waals surface area (Å²) in [5.74, 6) is -0.178. The summed E-state index contributed by atoms with van der Waals surface area (Å²) in [6.07, 6.45) is 0.849. The van der Waals surface area contributed by atoms with Gasteiger partial charge in [0.25, 0.3) is 0 Å². The highest BCUT2D eigenvalue weighted by Crippen LogP contribution is 2.21. The standard InChI is InChI=1S/C17H23N5O3S/c1-4-25-16(24)6-5-9-18-15(23)11-26-17-19-20-21-22(17)14-10-12(2)7-8-13(14)3/h7-8,10H,4-6,9,11H2,1-3H3,(H,18,23). The molecule has 1 N–H and O–H groups in total. The van der Waals surface area contributed by atoms with Gasteiger partial charge in [0, 0.05) is 13.0 Å². The van der Waals surface area contributed by atoms with Crippen LogP contribution in [0.1, 0.15) is 30.9 Å². The minimum atomic E-state index is -0.246. The van der Waals surface area contributed by atoms with Crippen LogP contribution in [0.4, 0.5) is 0 Å². The van der Waals surface area contributed by atoms with Gasteiger partial charge in [0.1, 0.15) is 0 Å². The number of rotatable bonds is 9. The number of thioether (sulfide) groups is 1. The van der Waals surface area contributed by atoms with E-state index in [2.05, 4.69) is 20.8 Å². The molecule has 0 radical (unpaired) electrons. The van der Waals surface area contributed by atoms with E-state index in [1.165, 1.54) is 11.8 Å². The molecule has 2 rings (SSSR count). The molecule has 0 spiro atoms. The Balaban J connectivity index is 1.83. The molecule has 1 heterocycles. The molecule has 0 aliphatic rings. The first-order valence-corrected chi connectivity index (χ1v) is 9.41. The van der Waals surface area contributed by atoms with Crippen LogP contribution in [0, 0.1) is 13.8 Å². The summed E-state index contributed by atoms with van der Waals surface area (Å²) in [6, 6.07) is 6.04. The molecule has 0 aliphatic heterocycles. The van der Waals surface area contributed by atoms with E-state index in [0.717, 1.165) is 16.8 Å². The van der Waals surface area contributed by atoms with E-state index in [1.54, 1.807) is 11.6 Å². The van der Waals surface area contributed by atoms with Crippen molar-refractivity contribution < 1.29 is 14.3 Å². The van der Waals surface area contributed by atoms with E-state index in [4.69, 9.17) is 4.74 Å². The zero-order chi connectivity index (χ0) is 18.9. The topological polar surface area (TPSA) is 99.0 Å². The van der Waals surface area contributed by atoms with E-state index in [1.807, 2.05) is 32.0 Å². The molecule has 1 amide bonds. The van der Waals surface area contributed by atoms with Crippen LogP contribution in [-0.2, 0) is 14.3 Å². The number of nitrogens with one attached hydrogen (secondary N) is 1. The SMILES string of the molecule is CCOC(=O)CCCNC(=O)CSc1nnnn1-c1cc(C)ccc1C. The zero-order valence-electron chi connectivity index (χ0n) is 15.2. The molecule has 0 saturated carbocycles. The van der Waals surface area contributed by atoms with Gasteiger partial charge in [-0.2, -0.15) is 4.68 Å². The van der Waals surface area contributed by atoms with Crippen LogP contribution < -0.4 is 5.32 Å². The second-order valence-electron chi connectivity index (χ2n) is 5.71. The Morgan fingerprint density at radius 1 is 1.31 bits per heavy atom. The highest BCUT2D eigenvalue weighted by molar-refractivity contribution is 7.99. The van der Waals surface area contributed by atoms with Gasteiger partial charge in [-0.05, 0) is 54.8 Å². The third kappa shape index (κ3) is 5.83. The maximum atomic E-state index is 12.0. The van der Waals surface area contributed by atoms with Crippen molar-refractivity contribution in [1.82, 2.24) is 25.5 Å². The molecule has 0 aliphatic carbocycles. The first kappa shape index (κ1) is 19.9. The molecule has 8 nitrogen and oxygen atoms in total. The Bertz CT molecular complexity index is 763. The largest absolute Gasteiger partial charge is 0.466 e. The van der Waals surface area contributed by atoms with E-state index in [0.29, 0.717) is 31.1 Å². The lowest BCUT2D eigenvalue weighted by molar-refractivity contribution is -0.143. The molecule has 1 aromatic carbocycles. The summed E-state index contributed by atoms with van der Waals surface area (Å²) >= 11 is 1.27. The second kappa shape index (κ2) is 9.91. The summed E-state index contributed by atoms with van der Waals surface area (Å²) in [5.41, 5.74) is 3.05. The van der Waals surface area contributed by atoms with Gasteiger partial charge in [-0.15, -0.1) is 5.10 Å². The van der Waals surface area contributed by atoms with Gasteiger partial charge < -0.3 is 10.1 Å². The fourth-order valence-corrected chi connectivity index (χ4v) is 2.96. The zero-order valence-corrected chi connectivity index (χ0v) is 16.0. The summed E-state index contributed by atoms with van der Waals surface area (Å²) in [5, 5.41) is 15.1. The molecule has 0 saturated heterocycles. The summed E-state index contributed by atoms with van der Waals surface area (Å²) in [7, 11) is 0. The molecule has 9 heteroatoms. The van der Waals surface area contributed by atoms with Crippen molar-refractivity contribution in [3.05, 3.63) is 29.3 Å². The van der Waals surface area contributed by atoms with Crippen LogP contribution in [0.25, 0.3) is 5.69 Å². The average Bonchev–Trinajstić information content (AvgIpc) is 3.07. The molecule has 2 aromatic rings. The summed E-state index contributed by atoms with van der Waals surface area (Å²) in [6.45, 7) is 6.56. The van der Waals surface area contributed by atoms with Gasteiger partial charge in [-0.1, -0.05) is 23.9 Å². The first-order chi connectivity index (χ1) is 12.5. The van der Waals surface area contributed by atoms with Crippen molar-refractivity contribution in [1.29, 1.82) is 0 Å². The molecule has 26 heavy (non-hydrogen) atoms. The Morgan fingerprint density at radius 2 is 2.12 bits per heavy atom. The van der Waals surface area contributed by atoms with Crippen LogP contribution in [0.3, 0.4) is 0 Å². The normalized spacial score (nSPS) is 10.6. The van der Waals surface area contributed by atoms with Crippen molar-refractivity contribution in [2.24, 2.45) is 0 Å². The van der Waals surface area contributed by atoms with Crippen molar-refractivity contribution in [3.8, 4) is 5.69 Å². The van der Waals surface area contributed by atoms with Crippen LogP contribution in [0.15, 0.2) is 23.4 Å². The van der Waals surface area contributed by atoms with Crippen molar-refractivity contribution in [3.63, 3.8) is 0 Å². The minimum Gasteiger partial charge on any atom is -0.466 e. The number of tetrazole rings is 1.